The van der Waals surface area contributed by atoms with Crippen molar-refractivity contribution in [3.63, 3.8) is 0 Å². The second kappa shape index (κ2) is 4.61. The Morgan fingerprint density at radius 3 is 2.90 bits per heavy atom. The minimum absolute atomic E-state index is 0.261. The van der Waals surface area contributed by atoms with E-state index in [9.17, 15) is 8.42 Å². The molecule has 0 bridgehead atoms. The van der Waals surface area contributed by atoms with Gasteiger partial charge in [0.2, 0.25) is 0 Å². The van der Waals surface area contributed by atoms with Gasteiger partial charge in [0.1, 0.15) is 0 Å². The summed E-state index contributed by atoms with van der Waals surface area (Å²) in [6.45, 7) is 1.93. The quantitative estimate of drug-likeness (QED) is 0.849. The zero-order chi connectivity index (χ0) is 14.4. The Kier molecular flexibility index (Phi) is 3.15. The normalized spacial score (nSPS) is 21.7. The molecule has 0 saturated heterocycles. The largest absolute Gasteiger partial charge is 0.368 e. The van der Waals surface area contributed by atoms with Crippen LogP contribution >= 0.6 is 11.8 Å². The van der Waals surface area contributed by atoms with E-state index in [-0.39, 0.29) is 5.75 Å². The molecule has 0 spiro atoms. The van der Waals surface area contributed by atoms with Crippen molar-refractivity contribution in [1.29, 1.82) is 0 Å². The molecular formula is C13H14N2O3S2. The highest BCUT2D eigenvalue weighted by Crippen LogP contribution is 2.49. The van der Waals surface area contributed by atoms with Gasteiger partial charge < -0.3 is 5.32 Å². The van der Waals surface area contributed by atoms with E-state index in [1.54, 1.807) is 18.0 Å². The van der Waals surface area contributed by atoms with E-state index >= 15 is 0 Å². The highest BCUT2D eigenvalue weighted by molar-refractivity contribution is 8.01. The van der Waals surface area contributed by atoms with Gasteiger partial charge in [0, 0.05) is 10.3 Å². The summed E-state index contributed by atoms with van der Waals surface area (Å²) < 4.78 is 30.7. The number of thioether (sulfide) groups is 1. The van der Waals surface area contributed by atoms with Crippen LogP contribution < -0.4 is 5.32 Å². The van der Waals surface area contributed by atoms with E-state index in [4.69, 9.17) is 4.55 Å². The summed E-state index contributed by atoms with van der Waals surface area (Å²) in [4.78, 5) is 5.01. The summed E-state index contributed by atoms with van der Waals surface area (Å²) in [6.07, 6.45) is 2.09. The zero-order valence-electron chi connectivity index (χ0n) is 10.8. The average molecular weight is 310 g/mol. The first-order valence-electron chi connectivity index (χ1n) is 6.16. The number of pyridine rings is 1. The predicted molar refractivity (Wildman–Crippen MR) is 80.7 cm³/mol. The van der Waals surface area contributed by atoms with Crippen molar-refractivity contribution >= 4 is 38.5 Å². The van der Waals surface area contributed by atoms with Gasteiger partial charge in [-0.3, -0.25) is 9.54 Å². The van der Waals surface area contributed by atoms with Crippen LogP contribution in [0.3, 0.4) is 0 Å². The van der Waals surface area contributed by atoms with Crippen LogP contribution in [0.1, 0.15) is 13.3 Å². The Morgan fingerprint density at radius 2 is 2.15 bits per heavy atom. The molecule has 1 unspecified atom stereocenters. The fraction of sp³-hybridized carbons (Fsp3) is 0.308. The van der Waals surface area contributed by atoms with E-state index < -0.39 is 15.0 Å². The molecule has 0 amide bonds. The first-order valence-corrected chi connectivity index (χ1v) is 8.59. The molecule has 106 valence electrons. The summed E-state index contributed by atoms with van der Waals surface area (Å²) in [5.41, 5.74) is 1.83. The van der Waals surface area contributed by atoms with Gasteiger partial charge in [0.05, 0.1) is 28.0 Å². The van der Waals surface area contributed by atoms with Crippen molar-refractivity contribution in [2.24, 2.45) is 0 Å². The van der Waals surface area contributed by atoms with Crippen LogP contribution in [-0.2, 0) is 10.1 Å². The van der Waals surface area contributed by atoms with Crippen LogP contribution in [0, 0.1) is 0 Å². The standard InChI is InChI=1S/C13H14N2O3S2/c1-13(6-7-20(16,17)18)15-11-8-14-10-5-3-2-4-9(10)12(11)19-13/h2-5,8,15H,6-7H2,1H3,(H,16,17,18). The van der Waals surface area contributed by atoms with Crippen molar-refractivity contribution in [3.05, 3.63) is 30.5 Å². The van der Waals surface area contributed by atoms with E-state index in [1.165, 1.54) is 0 Å². The molecule has 1 aliphatic rings. The molecule has 0 aliphatic carbocycles. The molecule has 2 heterocycles. The number of fused-ring (bicyclic) bond motifs is 3. The number of anilines is 1. The van der Waals surface area contributed by atoms with E-state index in [2.05, 4.69) is 10.3 Å². The molecule has 1 aromatic heterocycles. The summed E-state index contributed by atoms with van der Waals surface area (Å²) in [6, 6.07) is 7.85. The van der Waals surface area contributed by atoms with Gasteiger partial charge in [-0.05, 0) is 19.4 Å². The molecule has 0 fully saturated rings. The second-order valence-electron chi connectivity index (χ2n) is 5.01. The van der Waals surface area contributed by atoms with Crippen LogP contribution in [-0.4, -0.2) is 28.6 Å². The summed E-state index contributed by atoms with van der Waals surface area (Å²) in [5, 5.41) is 4.35. The maximum atomic E-state index is 10.9. The van der Waals surface area contributed by atoms with Crippen molar-refractivity contribution in [2.75, 3.05) is 11.1 Å². The molecule has 1 atom stereocenters. The number of rotatable bonds is 3. The molecule has 1 aliphatic heterocycles. The van der Waals surface area contributed by atoms with Gasteiger partial charge in [0.25, 0.3) is 10.1 Å². The minimum Gasteiger partial charge on any atom is -0.368 e. The number of benzene rings is 1. The maximum absolute atomic E-state index is 10.9. The second-order valence-corrected chi connectivity index (χ2v) is 8.10. The lowest BCUT2D eigenvalue weighted by atomic mass is 10.2. The van der Waals surface area contributed by atoms with E-state index in [0.717, 1.165) is 21.5 Å². The third-order valence-electron chi connectivity index (χ3n) is 3.29. The number of aromatic nitrogens is 1. The lowest BCUT2D eigenvalue weighted by Gasteiger charge is -2.23. The van der Waals surface area contributed by atoms with Gasteiger partial charge >= 0.3 is 0 Å². The molecule has 0 radical (unpaired) electrons. The number of hydrogen-bond donors (Lipinski definition) is 2. The highest BCUT2D eigenvalue weighted by atomic mass is 32.2. The molecule has 1 aromatic carbocycles. The maximum Gasteiger partial charge on any atom is 0.264 e. The van der Waals surface area contributed by atoms with Gasteiger partial charge in [-0.25, -0.2) is 0 Å². The highest BCUT2D eigenvalue weighted by Gasteiger charge is 2.35. The van der Waals surface area contributed by atoms with Crippen LogP contribution in [0.5, 0.6) is 0 Å². The van der Waals surface area contributed by atoms with Crippen LogP contribution in [0.25, 0.3) is 10.9 Å². The minimum atomic E-state index is -3.95. The number of hydrogen-bond acceptors (Lipinski definition) is 5. The van der Waals surface area contributed by atoms with Gasteiger partial charge in [-0.15, -0.1) is 0 Å². The van der Waals surface area contributed by atoms with E-state index in [1.807, 2.05) is 31.2 Å². The van der Waals surface area contributed by atoms with Crippen LogP contribution in [0.4, 0.5) is 5.69 Å². The van der Waals surface area contributed by atoms with Gasteiger partial charge in [-0.2, -0.15) is 8.42 Å². The third kappa shape index (κ3) is 2.61. The van der Waals surface area contributed by atoms with Crippen molar-refractivity contribution in [1.82, 2.24) is 4.98 Å². The zero-order valence-corrected chi connectivity index (χ0v) is 12.5. The Labute approximate surface area is 121 Å². The molecule has 2 N–H and O–H groups in total. The number of para-hydroxylation sites is 1. The number of nitrogens with zero attached hydrogens (tertiary/aromatic N) is 1. The summed E-state index contributed by atoms with van der Waals surface area (Å²) in [5.74, 6) is -0.261. The van der Waals surface area contributed by atoms with Crippen molar-refractivity contribution < 1.29 is 13.0 Å². The fourth-order valence-electron chi connectivity index (χ4n) is 2.29. The van der Waals surface area contributed by atoms with Crippen molar-refractivity contribution in [3.8, 4) is 0 Å². The summed E-state index contributed by atoms with van der Waals surface area (Å²) in [7, 11) is -3.95. The first-order chi connectivity index (χ1) is 9.36. The molecule has 20 heavy (non-hydrogen) atoms. The summed E-state index contributed by atoms with van der Waals surface area (Å²) >= 11 is 1.58. The monoisotopic (exact) mass is 310 g/mol. The topological polar surface area (TPSA) is 79.3 Å². The Bertz CT molecular complexity index is 776. The molecule has 0 saturated carbocycles. The average Bonchev–Trinajstić information content (AvgIpc) is 2.74. The predicted octanol–water partition coefficient (Wildman–Crippen LogP) is 2.75. The van der Waals surface area contributed by atoms with Crippen LogP contribution in [0.2, 0.25) is 0 Å². The SMILES string of the molecule is CC1(CCS(=O)(=O)O)Nc2cnc3ccccc3c2S1. The molecule has 2 aromatic rings. The third-order valence-corrected chi connectivity index (χ3v) is 5.41. The fourth-order valence-corrected chi connectivity index (χ4v) is 4.40. The van der Waals surface area contributed by atoms with Gasteiger partial charge in [-0.1, -0.05) is 30.0 Å². The molecule has 5 nitrogen and oxygen atoms in total. The Morgan fingerprint density at radius 1 is 1.40 bits per heavy atom. The molecular weight excluding hydrogens is 296 g/mol. The van der Waals surface area contributed by atoms with Gasteiger partial charge in [0.15, 0.2) is 0 Å². The molecule has 3 rings (SSSR count). The Balaban J connectivity index is 1.93. The lowest BCUT2D eigenvalue weighted by molar-refractivity contribution is 0.478. The van der Waals surface area contributed by atoms with Crippen LogP contribution in [0.15, 0.2) is 35.4 Å². The molecule has 7 heteroatoms. The van der Waals surface area contributed by atoms with E-state index in [0.29, 0.717) is 6.42 Å². The first kappa shape index (κ1) is 13.7. The van der Waals surface area contributed by atoms with Crippen molar-refractivity contribution in [2.45, 2.75) is 23.1 Å². The Hall–Kier alpha value is -1.31. The smallest absolute Gasteiger partial charge is 0.264 e. The lowest BCUT2D eigenvalue weighted by Crippen LogP contribution is -2.29. The number of nitrogens with one attached hydrogen (secondary N) is 1.